The van der Waals surface area contributed by atoms with E-state index in [0.717, 1.165) is 18.1 Å². The predicted octanol–water partition coefficient (Wildman–Crippen LogP) is 4.07. The Morgan fingerprint density at radius 2 is 1.86 bits per heavy atom. The number of aromatic nitrogens is 2. The molecule has 0 unspecified atom stereocenters. The Kier molecular flexibility index (Phi) is 5.14. The first-order chi connectivity index (χ1) is 10.1. The van der Waals surface area contributed by atoms with Crippen LogP contribution in [0.5, 0.6) is 0 Å². The largest absolute Gasteiger partial charge is 0.360 e. The van der Waals surface area contributed by atoms with Gasteiger partial charge >= 0.3 is 0 Å². The second kappa shape index (κ2) is 7.07. The number of nitrogens with zero attached hydrogens (tertiary/aromatic N) is 3. The molecule has 112 valence electrons. The molecule has 0 aliphatic rings. The summed E-state index contributed by atoms with van der Waals surface area (Å²) in [6.45, 7) is 7.39. The maximum Gasteiger partial charge on any atom is 0.229 e. The van der Waals surface area contributed by atoms with Crippen molar-refractivity contribution in [2.75, 3.05) is 23.8 Å². The van der Waals surface area contributed by atoms with Gasteiger partial charge in [0.05, 0.1) is 0 Å². The molecule has 0 bridgehead atoms. The molecule has 0 atom stereocenters. The number of rotatable bonds is 6. The van der Waals surface area contributed by atoms with Crippen LogP contribution in [0.3, 0.4) is 0 Å². The van der Waals surface area contributed by atoms with Crippen molar-refractivity contribution in [1.29, 1.82) is 0 Å². The molecule has 2 aromatic rings. The third-order valence-electron chi connectivity index (χ3n) is 3.36. The van der Waals surface area contributed by atoms with Crippen molar-refractivity contribution < 1.29 is 0 Å². The summed E-state index contributed by atoms with van der Waals surface area (Å²) in [7, 11) is 2.07. The molecular weight excluding hydrogens is 260 g/mol. The summed E-state index contributed by atoms with van der Waals surface area (Å²) in [5.74, 6) is 1.59. The van der Waals surface area contributed by atoms with Gasteiger partial charge in [-0.3, -0.25) is 0 Å². The molecule has 0 radical (unpaired) electrons. The van der Waals surface area contributed by atoms with E-state index in [2.05, 4.69) is 66.2 Å². The van der Waals surface area contributed by atoms with Gasteiger partial charge in [0.15, 0.2) is 0 Å². The molecule has 21 heavy (non-hydrogen) atoms. The fourth-order valence-electron chi connectivity index (χ4n) is 2.31. The Morgan fingerprint density at radius 3 is 2.52 bits per heavy atom. The van der Waals surface area contributed by atoms with E-state index in [4.69, 9.17) is 0 Å². The molecule has 0 aliphatic heterocycles. The van der Waals surface area contributed by atoms with E-state index in [1.807, 2.05) is 6.07 Å². The first-order valence-electron chi connectivity index (χ1n) is 7.48. The SMILES string of the molecule is CCCCN(C)c1ccnc(Nc2cc(C)cc(C)c2)n1. The summed E-state index contributed by atoms with van der Waals surface area (Å²) >= 11 is 0. The second-order valence-electron chi connectivity index (χ2n) is 5.51. The van der Waals surface area contributed by atoms with Gasteiger partial charge in [-0.2, -0.15) is 4.98 Å². The molecule has 4 nitrogen and oxygen atoms in total. The zero-order chi connectivity index (χ0) is 15.2. The molecule has 4 heteroatoms. The lowest BCUT2D eigenvalue weighted by Gasteiger charge is -2.18. The second-order valence-corrected chi connectivity index (χ2v) is 5.51. The van der Waals surface area contributed by atoms with E-state index in [0.29, 0.717) is 5.95 Å². The first kappa shape index (κ1) is 15.3. The predicted molar refractivity (Wildman–Crippen MR) is 89.4 cm³/mol. The molecule has 1 aromatic heterocycles. The topological polar surface area (TPSA) is 41.1 Å². The number of hydrogen-bond acceptors (Lipinski definition) is 4. The van der Waals surface area contributed by atoms with Crippen LogP contribution >= 0.6 is 0 Å². The van der Waals surface area contributed by atoms with Crippen LogP contribution in [0.25, 0.3) is 0 Å². The molecule has 1 heterocycles. The van der Waals surface area contributed by atoms with E-state index >= 15 is 0 Å². The van der Waals surface area contributed by atoms with E-state index in [1.165, 1.54) is 24.0 Å². The van der Waals surface area contributed by atoms with Crippen molar-refractivity contribution in [2.45, 2.75) is 33.6 Å². The summed E-state index contributed by atoms with van der Waals surface area (Å²) in [5, 5.41) is 3.29. The number of nitrogens with one attached hydrogen (secondary N) is 1. The van der Waals surface area contributed by atoms with E-state index in [-0.39, 0.29) is 0 Å². The Balaban J connectivity index is 2.13. The van der Waals surface area contributed by atoms with Crippen LogP contribution in [0.15, 0.2) is 30.5 Å². The zero-order valence-corrected chi connectivity index (χ0v) is 13.3. The van der Waals surface area contributed by atoms with E-state index < -0.39 is 0 Å². The molecule has 0 spiro atoms. The van der Waals surface area contributed by atoms with Crippen molar-refractivity contribution in [3.8, 4) is 0 Å². The van der Waals surface area contributed by atoms with Crippen molar-refractivity contribution in [3.05, 3.63) is 41.6 Å². The van der Waals surface area contributed by atoms with E-state index in [9.17, 15) is 0 Å². The summed E-state index contributed by atoms with van der Waals surface area (Å²) in [6, 6.07) is 8.30. The van der Waals surface area contributed by atoms with Crippen LogP contribution in [0.2, 0.25) is 0 Å². The van der Waals surface area contributed by atoms with Crippen molar-refractivity contribution in [2.24, 2.45) is 0 Å². The Labute approximate surface area is 127 Å². The molecule has 1 N–H and O–H groups in total. The van der Waals surface area contributed by atoms with Gasteiger partial charge in [0.25, 0.3) is 0 Å². The number of unbranched alkanes of at least 4 members (excludes halogenated alkanes) is 1. The standard InChI is InChI=1S/C17H24N4/c1-5-6-9-21(4)16-7-8-18-17(20-16)19-15-11-13(2)10-14(3)12-15/h7-8,10-12H,5-6,9H2,1-4H3,(H,18,19,20). The fourth-order valence-corrected chi connectivity index (χ4v) is 2.31. The van der Waals surface area contributed by atoms with Gasteiger partial charge in [-0.1, -0.05) is 19.4 Å². The average molecular weight is 284 g/mol. The molecule has 0 saturated carbocycles. The highest BCUT2D eigenvalue weighted by molar-refractivity contribution is 5.57. The minimum atomic E-state index is 0.640. The molecule has 0 saturated heterocycles. The van der Waals surface area contributed by atoms with Crippen LogP contribution in [-0.4, -0.2) is 23.6 Å². The average Bonchev–Trinajstić information content (AvgIpc) is 2.44. The maximum atomic E-state index is 4.58. The molecular formula is C17H24N4. The van der Waals surface area contributed by atoms with Crippen LogP contribution in [-0.2, 0) is 0 Å². The number of anilines is 3. The van der Waals surface area contributed by atoms with Crippen LogP contribution in [0, 0.1) is 13.8 Å². The van der Waals surface area contributed by atoms with Gasteiger partial charge in [-0.15, -0.1) is 0 Å². The van der Waals surface area contributed by atoms with Gasteiger partial charge < -0.3 is 10.2 Å². The number of hydrogen-bond donors (Lipinski definition) is 1. The molecule has 0 amide bonds. The number of benzene rings is 1. The Hall–Kier alpha value is -2.10. The smallest absolute Gasteiger partial charge is 0.229 e. The third kappa shape index (κ3) is 4.45. The third-order valence-corrected chi connectivity index (χ3v) is 3.36. The lowest BCUT2D eigenvalue weighted by atomic mass is 10.1. The highest BCUT2D eigenvalue weighted by atomic mass is 15.2. The monoisotopic (exact) mass is 284 g/mol. The highest BCUT2D eigenvalue weighted by Gasteiger charge is 2.05. The summed E-state index contributed by atoms with van der Waals surface area (Å²) < 4.78 is 0. The normalized spacial score (nSPS) is 10.5. The van der Waals surface area contributed by atoms with Crippen LogP contribution < -0.4 is 10.2 Å². The maximum absolute atomic E-state index is 4.58. The lowest BCUT2D eigenvalue weighted by Crippen LogP contribution is -2.19. The molecule has 0 fully saturated rings. The highest BCUT2D eigenvalue weighted by Crippen LogP contribution is 2.18. The van der Waals surface area contributed by atoms with Crippen molar-refractivity contribution in [3.63, 3.8) is 0 Å². The molecule has 1 aromatic carbocycles. The van der Waals surface area contributed by atoms with Gasteiger partial charge in [0.1, 0.15) is 5.82 Å². The van der Waals surface area contributed by atoms with E-state index in [1.54, 1.807) is 6.20 Å². The lowest BCUT2D eigenvalue weighted by molar-refractivity contribution is 0.759. The first-order valence-corrected chi connectivity index (χ1v) is 7.48. The molecule has 2 rings (SSSR count). The van der Waals surface area contributed by atoms with Crippen molar-refractivity contribution >= 4 is 17.5 Å². The van der Waals surface area contributed by atoms with Gasteiger partial charge in [0.2, 0.25) is 5.95 Å². The minimum absolute atomic E-state index is 0.640. The quantitative estimate of drug-likeness (QED) is 0.868. The van der Waals surface area contributed by atoms with Crippen molar-refractivity contribution in [1.82, 2.24) is 9.97 Å². The van der Waals surface area contributed by atoms with Crippen LogP contribution in [0.4, 0.5) is 17.5 Å². The fraction of sp³-hybridized carbons (Fsp3) is 0.412. The summed E-state index contributed by atoms with van der Waals surface area (Å²) in [4.78, 5) is 11.1. The Morgan fingerprint density at radius 1 is 1.14 bits per heavy atom. The molecule has 0 aliphatic carbocycles. The minimum Gasteiger partial charge on any atom is -0.360 e. The van der Waals surface area contributed by atoms with Crippen LogP contribution in [0.1, 0.15) is 30.9 Å². The van der Waals surface area contributed by atoms with Gasteiger partial charge in [-0.05, 0) is 49.6 Å². The number of aryl methyl sites for hydroxylation is 2. The summed E-state index contributed by atoms with van der Waals surface area (Å²) in [6.07, 6.45) is 4.15. The van der Waals surface area contributed by atoms with Gasteiger partial charge in [0, 0.05) is 25.5 Å². The van der Waals surface area contributed by atoms with Gasteiger partial charge in [-0.25, -0.2) is 4.98 Å². The zero-order valence-electron chi connectivity index (χ0n) is 13.3. The summed E-state index contributed by atoms with van der Waals surface area (Å²) in [5.41, 5.74) is 3.49. The Bertz CT molecular complexity index is 575.